The Kier molecular flexibility index (Phi) is 5.08. The van der Waals surface area contributed by atoms with Crippen molar-refractivity contribution in [3.63, 3.8) is 0 Å². The maximum absolute atomic E-state index is 11.1. The molecule has 0 saturated carbocycles. The molecular weight excluding hydrogens is 338 g/mol. The fraction of sp³-hybridized carbons (Fsp3) is 0.357. The van der Waals surface area contributed by atoms with Gasteiger partial charge in [-0.25, -0.2) is 0 Å². The average Bonchev–Trinajstić information content (AvgIpc) is 2.87. The Morgan fingerprint density at radius 2 is 2.10 bits per heavy atom. The molecule has 0 aliphatic heterocycles. The molecule has 112 valence electrons. The van der Waals surface area contributed by atoms with Gasteiger partial charge in [0, 0.05) is 4.47 Å². The van der Waals surface area contributed by atoms with Crippen LogP contribution in [0.4, 0.5) is 0 Å². The third kappa shape index (κ3) is 3.89. The number of carbonyl (C=O) groups is 1. The van der Waals surface area contributed by atoms with Crippen LogP contribution >= 0.6 is 15.9 Å². The number of hydrogen-bond donors (Lipinski definition) is 2. The molecule has 0 spiro atoms. The van der Waals surface area contributed by atoms with Crippen LogP contribution in [-0.2, 0) is 11.3 Å². The zero-order valence-electron chi connectivity index (χ0n) is 11.7. The Bertz CT molecular complexity index is 627. The predicted molar refractivity (Wildman–Crippen MR) is 80.5 cm³/mol. The molecule has 7 heteroatoms. The minimum Gasteiger partial charge on any atom is -0.480 e. The van der Waals surface area contributed by atoms with Gasteiger partial charge in [-0.3, -0.25) is 10.1 Å². The number of rotatable bonds is 6. The number of halogens is 1. The Morgan fingerprint density at radius 1 is 1.38 bits per heavy atom. The first-order chi connectivity index (χ1) is 9.99. The SMILES string of the molecule is CC(C)C(NCc1nnc(-c2ccccc2Br)o1)C(=O)O. The highest BCUT2D eigenvalue weighted by Gasteiger charge is 2.21. The average molecular weight is 354 g/mol. The summed E-state index contributed by atoms with van der Waals surface area (Å²) in [6, 6.07) is 6.87. The molecule has 1 aromatic carbocycles. The number of nitrogens with zero attached hydrogens (tertiary/aromatic N) is 2. The van der Waals surface area contributed by atoms with Crippen LogP contribution < -0.4 is 5.32 Å². The van der Waals surface area contributed by atoms with Crippen molar-refractivity contribution < 1.29 is 14.3 Å². The molecule has 0 aliphatic rings. The zero-order chi connectivity index (χ0) is 15.4. The van der Waals surface area contributed by atoms with Crippen LogP contribution in [0.15, 0.2) is 33.2 Å². The van der Waals surface area contributed by atoms with Crippen molar-refractivity contribution in [1.82, 2.24) is 15.5 Å². The fourth-order valence-electron chi connectivity index (χ4n) is 1.87. The number of nitrogens with one attached hydrogen (secondary N) is 1. The molecule has 6 nitrogen and oxygen atoms in total. The lowest BCUT2D eigenvalue weighted by Gasteiger charge is -2.16. The van der Waals surface area contributed by atoms with E-state index in [-0.39, 0.29) is 12.5 Å². The van der Waals surface area contributed by atoms with Crippen LogP contribution in [0.25, 0.3) is 11.5 Å². The maximum Gasteiger partial charge on any atom is 0.320 e. The smallest absolute Gasteiger partial charge is 0.320 e. The van der Waals surface area contributed by atoms with Crippen molar-refractivity contribution in [2.75, 3.05) is 0 Å². The molecule has 0 aliphatic carbocycles. The number of benzene rings is 1. The summed E-state index contributed by atoms with van der Waals surface area (Å²) in [5, 5.41) is 19.9. The molecule has 0 bridgehead atoms. The second-order valence-corrected chi connectivity index (χ2v) is 5.78. The van der Waals surface area contributed by atoms with Gasteiger partial charge in [-0.2, -0.15) is 0 Å². The molecule has 0 amide bonds. The van der Waals surface area contributed by atoms with Gasteiger partial charge in [0.2, 0.25) is 11.8 Å². The van der Waals surface area contributed by atoms with E-state index in [1.54, 1.807) is 0 Å². The lowest BCUT2D eigenvalue weighted by Crippen LogP contribution is -2.40. The zero-order valence-corrected chi connectivity index (χ0v) is 13.3. The van der Waals surface area contributed by atoms with E-state index in [0.717, 1.165) is 10.0 Å². The van der Waals surface area contributed by atoms with Gasteiger partial charge in [-0.05, 0) is 34.0 Å². The molecule has 1 aromatic heterocycles. The molecule has 1 unspecified atom stereocenters. The Hall–Kier alpha value is -1.73. The van der Waals surface area contributed by atoms with E-state index in [1.807, 2.05) is 38.1 Å². The largest absolute Gasteiger partial charge is 0.480 e. The maximum atomic E-state index is 11.1. The lowest BCUT2D eigenvalue weighted by atomic mass is 10.1. The first kappa shape index (κ1) is 15.7. The van der Waals surface area contributed by atoms with Gasteiger partial charge < -0.3 is 9.52 Å². The molecule has 21 heavy (non-hydrogen) atoms. The molecule has 0 saturated heterocycles. The lowest BCUT2D eigenvalue weighted by molar-refractivity contribution is -0.140. The number of carboxylic acids is 1. The van der Waals surface area contributed by atoms with E-state index >= 15 is 0 Å². The molecule has 2 aromatic rings. The second kappa shape index (κ2) is 6.82. The van der Waals surface area contributed by atoms with Gasteiger partial charge in [0.15, 0.2) is 0 Å². The summed E-state index contributed by atoms with van der Waals surface area (Å²) in [5.74, 6) is -0.174. The van der Waals surface area contributed by atoms with Gasteiger partial charge in [-0.15, -0.1) is 10.2 Å². The minimum absolute atomic E-state index is 0.0341. The molecule has 1 heterocycles. The van der Waals surface area contributed by atoms with Crippen LogP contribution in [0.1, 0.15) is 19.7 Å². The molecule has 1 atom stereocenters. The van der Waals surface area contributed by atoms with E-state index in [1.165, 1.54) is 0 Å². The van der Waals surface area contributed by atoms with Crippen molar-refractivity contribution in [1.29, 1.82) is 0 Å². The van der Waals surface area contributed by atoms with Gasteiger partial charge >= 0.3 is 5.97 Å². The van der Waals surface area contributed by atoms with Gasteiger partial charge in [0.1, 0.15) is 6.04 Å². The van der Waals surface area contributed by atoms with Gasteiger partial charge in [-0.1, -0.05) is 26.0 Å². The minimum atomic E-state index is -0.893. The van der Waals surface area contributed by atoms with Crippen LogP contribution in [0, 0.1) is 5.92 Å². The Balaban J connectivity index is 2.07. The summed E-state index contributed by atoms with van der Waals surface area (Å²) in [6.45, 7) is 3.89. The molecule has 2 N–H and O–H groups in total. The van der Waals surface area contributed by atoms with Gasteiger partial charge in [0.05, 0.1) is 12.1 Å². The van der Waals surface area contributed by atoms with E-state index in [2.05, 4.69) is 31.4 Å². The summed E-state index contributed by atoms with van der Waals surface area (Å²) in [4.78, 5) is 11.1. The molecule has 0 radical (unpaired) electrons. The van der Waals surface area contributed by atoms with E-state index in [4.69, 9.17) is 9.52 Å². The Morgan fingerprint density at radius 3 is 2.71 bits per heavy atom. The van der Waals surface area contributed by atoms with Crippen molar-refractivity contribution >= 4 is 21.9 Å². The number of aliphatic carboxylic acids is 1. The van der Waals surface area contributed by atoms with E-state index in [9.17, 15) is 4.79 Å². The Labute approximate surface area is 130 Å². The molecular formula is C14H16BrN3O3. The van der Waals surface area contributed by atoms with Crippen LogP contribution in [0.3, 0.4) is 0 Å². The summed E-state index contributed by atoms with van der Waals surface area (Å²) >= 11 is 3.42. The fourth-order valence-corrected chi connectivity index (χ4v) is 2.33. The number of aromatic nitrogens is 2. The van der Waals surface area contributed by atoms with E-state index in [0.29, 0.717) is 11.8 Å². The molecule has 0 fully saturated rings. The van der Waals surface area contributed by atoms with Crippen molar-refractivity contribution in [3.05, 3.63) is 34.6 Å². The number of carboxylic acid groups (broad SMARTS) is 1. The molecule has 2 rings (SSSR count). The number of hydrogen-bond acceptors (Lipinski definition) is 5. The highest BCUT2D eigenvalue weighted by molar-refractivity contribution is 9.10. The second-order valence-electron chi connectivity index (χ2n) is 4.92. The van der Waals surface area contributed by atoms with Crippen molar-refractivity contribution in [2.24, 2.45) is 5.92 Å². The van der Waals surface area contributed by atoms with Crippen molar-refractivity contribution in [3.8, 4) is 11.5 Å². The van der Waals surface area contributed by atoms with Crippen molar-refractivity contribution in [2.45, 2.75) is 26.4 Å². The normalized spacial score (nSPS) is 12.6. The standard InChI is InChI=1S/C14H16BrN3O3/c1-8(2)12(14(19)20)16-7-11-17-18-13(21-11)9-5-3-4-6-10(9)15/h3-6,8,12,16H,7H2,1-2H3,(H,19,20). The van der Waals surface area contributed by atoms with Crippen LogP contribution in [-0.4, -0.2) is 27.3 Å². The summed E-state index contributed by atoms with van der Waals surface area (Å²) < 4.78 is 6.41. The third-order valence-electron chi connectivity index (χ3n) is 2.98. The monoisotopic (exact) mass is 353 g/mol. The highest BCUT2D eigenvalue weighted by atomic mass is 79.9. The summed E-state index contributed by atoms with van der Waals surface area (Å²) in [7, 11) is 0. The predicted octanol–water partition coefficient (Wildman–Crippen LogP) is 2.70. The highest BCUT2D eigenvalue weighted by Crippen LogP contribution is 2.26. The summed E-state index contributed by atoms with van der Waals surface area (Å²) in [5.41, 5.74) is 0.801. The summed E-state index contributed by atoms with van der Waals surface area (Å²) in [6.07, 6.45) is 0. The first-order valence-electron chi connectivity index (χ1n) is 6.52. The quantitative estimate of drug-likeness (QED) is 0.829. The van der Waals surface area contributed by atoms with Crippen LogP contribution in [0.2, 0.25) is 0 Å². The third-order valence-corrected chi connectivity index (χ3v) is 3.67. The first-order valence-corrected chi connectivity index (χ1v) is 7.32. The van der Waals surface area contributed by atoms with Crippen LogP contribution in [0.5, 0.6) is 0 Å². The van der Waals surface area contributed by atoms with E-state index < -0.39 is 12.0 Å². The van der Waals surface area contributed by atoms with Gasteiger partial charge in [0.25, 0.3) is 0 Å². The topological polar surface area (TPSA) is 88.3 Å².